The van der Waals surface area contributed by atoms with Gasteiger partial charge in [-0.15, -0.1) is 5.10 Å². The van der Waals surface area contributed by atoms with E-state index in [1.165, 1.54) is 0 Å². The summed E-state index contributed by atoms with van der Waals surface area (Å²) in [6.07, 6.45) is 5.39. The first-order valence-corrected chi connectivity index (χ1v) is 7.51. The van der Waals surface area contributed by atoms with Gasteiger partial charge in [-0.05, 0) is 23.3 Å². The Hall–Kier alpha value is -3.25. The molecule has 0 atom stereocenters. The van der Waals surface area contributed by atoms with Crippen molar-refractivity contribution >= 4 is 11.5 Å². The first-order valence-electron chi connectivity index (χ1n) is 7.51. The number of anilines is 1. The topological polar surface area (TPSA) is 89.3 Å². The molecule has 4 rings (SSSR count). The van der Waals surface area contributed by atoms with Crippen LogP contribution in [-0.4, -0.2) is 24.7 Å². The number of nitrogens with zero attached hydrogens (tertiary/aromatic N) is 4. The van der Waals surface area contributed by atoms with Gasteiger partial charge in [0.15, 0.2) is 11.5 Å². The second-order valence-electron chi connectivity index (χ2n) is 5.44. The molecule has 0 aliphatic carbocycles. The summed E-state index contributed by atoms with van der Waals surface area (Å²) in [6, 6.07) is 13.3. The van der Waals surface area contributed by atoms with Crippen LogP contribution in [0.1, 0.15) is 5.56 Å². The number of rotatable bonds is 3. The van der Waals surface area contributed by atoms with Crippen molar-refractivity contribution in [1.29, 1.82) is 0 Å². The number of hydrogen-bond donors (Lipinski definition) is 2. The maximum atomic E-state index is 9.14. The van der Waals surface area contributed by atoms with Gasteiger partial charge >= 0.3 is 0 Å². The molecular weight excluding hydrogens is 302 g/mol. The van der Waals surface area contributed by atoms with Gasteiger partial charge in [0.05, 0.1) is 17.9 Å². The van der Waals surface area contributed by atoms with E-state index in [-0.39, 0.29) is 6.61 Å². The summed E-state index contributed by atoms with van der Waals surface area (Å²) >= 11 is 0. The zero-order chi connectivity index (χ0) is 16.5. The van der Waals surface area contributed by atoms with Gasteiger partial charge in [0.25, 0.3) is 0 Å². The highest BCUT2D eigenvalue weighted by Crippen LogP contribution is 2.28. The highest BCUT2D eigenvalue weighted by atomic mass is 16.3. The van der Waals surface area contributed by atoms with Gasteiger partial charge in [0.1, 0.15) is 0 Å². The second kappa shape index (κ2) is 5.75. The predicted molar refractivity (Wildman–Crippen MR) is 92.0 cm³/mol. The third-order valence-corrected chi connectivity index (χ3v) is 3.89. The Kier molecular flexibility index (Phi) is 3.44. The number of aromatic nitrogens is 4. The van der Waals surface area contributed by atoms with Crippen molar-refractivity contribution in [2.24, 2.45) is 0 Å². The third kappa shape index (κ3) is 2.39. The van der Waals surface area contributed by atoms with E-state index in [4.69, 9.17) is 10.8 Å². The van der Waals surface area contributed by atoms with Gasteiger partial charge in [-0.2, -0.15) is 0 Å². The monoisotopic (exact) mass is 317 g/mol. The largest absolute Gasteiger partial charge is 0.392 e. The lowest BCUT2D eigenvalue weighted by molar-refractivity contribution is 0.282. The van der Waals surface area contributed by atoms with E-state index in [0.717, 1.165) is 27.9 Å². The molecule has 6 nitrogen and oxygen atoms in total. The Morgan fingerprint density at radius 1 is 1.00 bits per heavy atom. The highest BCUT2D eigenvalue weighted by molar-refractivity contribution is 5.84. The summed E-state index contributed by atoms with van der Waals surface area (Å²) in [4.78, 5) is 8.86. The molecule has 118 valence electrons. The summed E-state index contributed by atoms with van der Waals surface area (Å²) in [5.74, 6) is 0.397. The summed E-state index contributed by atoms with van der Waals surface area (Å²) in [5.41, 5.74) is 11.0. The fraction of sp³-hybridized carbons (Fsp3) is 0.0556. The van der Waals surface area contributed by atoms with Crippen LogP contribution >= 0.6 is 0 Å². The van der Waals surface area contributed by atoms with Crippen LogP contribution in [0.3, 0.4) is 0 Å². The van der Waals surface area contributed by atoms with Crippen LogP contribution in [-0.2, 0) is 6.61 Å². The van der Waals surface area contributed by atoms with Crippen molar-refractivity contribution in [2.45, 2.75) is 6.61 Å². The van der Waals surface area contributed by atoms with Crippen LogP contribution in [0.5, 0.6) is 0 Å². The van der Waals surface area contributed by atoms with E-state index >= 15 is 0 Å². The Morgan fingerprint density at radius 2 is 1.83 bits per heavy atom. The first kappa shape index (κ1) is 14.3. The third-order valence-electron chi connectivity index (χ3n) is 3.89. The Labute approximate surface area is 138 Å². The lowest BCUT2D eigenvalue weighted by Crippen LogP contribution is -1.93. The van der Waals surface area contributed by atoms with E-state index in [0.29, 0.717) is 11.5 Å². The van der Waals surface area contributed by atoms with Crippen molar-refractivity contribution in [3.05, 3.63) is 66.6 Å². The molecule has 1 aromatic carbocycles. The number of hydrogen-bond acceptors (Lipinski definition) is 5. The van der Waals surface area contributed by atoms with Crippen LogP contribution in [0, 0.1) is 0 Å². The number of pyridine rings is 1. The molecule has 0 amide bonds. The number of aliphatic hydroxyl groups is 1. The quantitative estimate of drug-likeness (QED) is 0.606. The maximum absolute atomic E-state index is 9.14. The first-order chi connectivity index (χ1) is 11.8. The van der Waals surface area contributed by atoms with E-state index < -0.39 is 0 Å². The standard InChI is InChI=1S/C18H15N5O/c19-17-16(15-3-1-2-8-20-15)18-21-9-14(10-23(18)22-17)13-6-4-12(11-24)5-7-13/h1-10,24H,11H2,(H2,19,22). The molecule has 3 heterocycles. The molecule has 0 aliphatic rings. The number of benzene rings is 1. The Balaban J connectivity index is 1.82. The predicted octanol–water partition coefficient (Wildman–Crippen LogP) is 2.53. The van der Waals surface area contributed by atoms with Gasteiger partial charge < -0.3 is 10.8 Å². The number of fused-ring (bicyclic) bond motifs is 1. The van der Waals surface area contributed by atoms with Crippen molar-refractivity contribution in [1.82, 2.24) is 19.6 Å². The maximum Gasteiger partial charge on any atom is 0.166 e. The molecule has 0 spiro atoms. The average molecular weight is 317 g/mol. The summed E-state index contributed by atoms with van der Waals surface area (Å²) in [6.45, 7) is 0.0285. The molecule has 4 aromatic rings. The Morgan fingerprint density at radius 3 is 2.54 bits per heavy atom. The smallest absolute Gasteiger partial charge is 0.166 e. The number of nitrogens with two attached hydrogens (primary N) is 1. The molecule has 0 saturated carbocycles. The Bertz CT molecular complexity index is 993. The normalized spacial score (nSPS) is 11.0. The van der Waals surface area contributed by atoms with Crippen LogP contribution in [0.2, 0.25) is 0 Å². The van der Waals surface area contributed by atoms with Crippen molar-refractivity contribution in [3.63, 3.8) is 0 Å². The lowest BCUT2D eigenvalue weighted by Gasteiger charge is -2.04. The van der Waals surface area contributed by atoms with Gasteiger partial charge in [-0.1, -0.05) is 30.3 Å². The molecule has 0 unspecified atom stereocenters. The van der Waals surface area contributed by atoms with Gasteiger partial charge in [0.2, 0.25) is 0 Å². The summed E-state index contributed by atoms with van der Waals surface area (Å²) in [5, 5.41) is 13.5. The highest BCUT2D eigenvalue weighted by Gasteiger charge is 2.15. The second-order valence-corrected chi connectivity index (χ2v) is 5.44. The summed E-state index contributed by atoms with van der Waals surface area (Å²) in [7, 11) is 0. The minimum atomic E-state index is 0.0285. The van der Waals surface area contributed by atoms with Gasteiger partial charge in [-0.3, -0.25) is 4.98 Å². The SMILES string of the molecule is Nc1nn2cc(-c3ccc(CO)cc3)cnc2c1-c1ccccn1. The molecule has 24 heavy (non-hydrogen) atoms. The zero-order valence-corrected chi connectivity index (χ0v) is 12.8. The van der Waals surface area contributed by atoms with Crippen molar-refractivity contribution in [3.8, 4) is 22.4 Å². The fourth-order valence-corrected chi connectivity index (χ4v) is 2.66. The molecule has 3 aromatic heterocycles. The molecule has 3 N–H and O–H groups in total. The van der Waals surface area contributed by atoms with E-state index in [2.05, 4.69) is 15.1 Å². The lowest BCUT2D eigenvalue weighted by atomic mass is 10.1. The summed E-state index contributed by atoms with van der Waals surface area (Å²) < 4.78 is 1.68. The van der Waals surface area contributed by atoms with E-state index in [9.17, 15) is 0 Å². The number of aliphatic hydroxyl groups excluding tert-OH is 1. The zero-order valence-electron chi connectivity index (χ0n) is 12.8. The minimum Gasteiger partial charge on any atom is -0.392 e. The van der Waals surface area contributed by atoms with Crippen molar-refractivity contribution in [2.75, 3.05) is 5.73 Å². The minimum absolute atomic E-state index is 0.0285. The molecular formula is C18H15N5O. The van der Waals surface area contributed by atoms with Crippen LogP contribution < -0.4 is 5.73 Å². The fourth-order valence-electron chi connectivity index (χ4n) is 2.66. The molecule has 0 fully saturated rings. The molecule has 0 radical (unpaired) electrons. The number of nitrogen functional groups attached to an aromatic ring is 1. The van der Waals surface area contributed by atoms with Gasteiger partial charge in [-0.25, -0.2) is 9.50 Å². The average Bonchev–Trinajstić information content (AvgIpc) is 2.97. The van der Waals surface area contributed by atoms with E-state index in [1.54, 1.807) is 16.9 Å². The van der Waals surface area contributed by atoms with Crippen LogP contribution in [0.15, 0.2) is 61.1 Å². The molecule has 6 heteroatoms. The van der Waals surface area contributed by atoms with Crippen LogP contribution in [0.25, 0.3) is 28.0 Å². The van der Waals surface area contributed by atoms with Crippen molar-refractivity contribution < 1.29 is 5.11 Å². The molecule has 0 aliphatic heterocycles. The van der Waals surface area contributed by atoms with Gasteiger partial charge in [0, 0.05) is 24.2 Å². The molecule has 0 bridgehead atoms. The van der Waals surface area contributed by atoms with E-state index in [1.807, 2.05) is 48.7 Å². The van der Waals surface area contributed by atoms with Crippen LogP contribution in [0.4, 0.5) is 5.82 Å². The molecule has 0 saturated heterocycles.